The van der Waals surface area contributed by atoms with E-state index < -0.39 is 0 Å². The minimum Gasteiger partial charge on any atom is -0.465 e. The van der Waals surface area contributed by atoms with E-state index in [2.05, 4.69) is 15.5 Å². The standard InChI is InChI=1S/C27H31N3O4/c1-34-27(33)20-10-8-19(9-11-20)17-30-23-7-3-2-6-22(23)25-24(30)12-14-29(26(25)32)16-15-28-13-4-5-21(28)18-31/h2-3,6-11,21,31H,4-5,12-18H2,1H3/t21-/m0/s1. The second kappa shape index (κ2) is 9.60. The molecule has 3 heterocycles. The van der Waals surface area contributed by atoms with Crippen molar-refractivity contribution in [1.82, 2.24) is 14.4 Å². The number of para-hydroxylation sites is 1. The Morgan fingerprint density at radius 2 is 1.88 bits per heavy atom. The average Bonchev–Trinajstić information content (AvgIpc) is 3.46. The number of likely N-dealkylation sites (tertiary alicyclic amines) is 1. The zero-order valence-corrected chi connectivity index (χ0v) is 19.6. The number of esters is 1. The molecule has 1 amide bonds. The summed E-state index contributed by atoms with van der Waals surface area (Å²) in [6, 6.07) is 15.8. The SMILES string of the molecule is COC(=O)c1ccc(Cn2c3c(c4ccccc42)C(=O)N(CCN2CCC[C@H]2CO)CC3)cc1. The van der Waals surface area contributed by atoms with Crippen LogP contribution < -0.4 is 0 Å². The summed E-state index contributed by atoms with van der Waals surface area (Å²) in [5.74, 6) is -0.253. The topological polar surface area (TPSA) is 75.0 Å². The number of amides is 1. The Kier molecular flexibility index (Phi) is 6.39. The smallest absolute Gasteiger partial charge is 0.337 e. The van der Waals surface area contributed by atoms with Crippen molar-refractivity contribution in [3.05, 3.63) is 70.9 Å². The fraction of sp³-hybridized carbons (Fsp3) is 0.407. The molecule has 0 bridgehead atoms. The van der Waals surface area contributed by atoms with Gasteiger partial charge in [-0.15, -0.1) is 0 Å². The van der Waals surface area contributed by atoms with E-state index in [0.29, 0.717) is 25.2 Å². The van der Waals surface area contributed by atoms with Crippen LogP contribution in [0.4, 0.5) is 0 Å². The Morgan fingerprint density at radius 3 is 2.65 bits per heavy atom. The predicted octanol–water partition coefficient (Wildman–Crippen LogP) is 2.93. The predicted molar refractivity (Wildman–Crippen MR) is 130 cm³/mol. The van der Waals surface area contributed by atoms with Crippen LogP contribution in [-0.4, -0.2) is 77.3 Å². The van der Waals surface area contributed by atoms with Crippen molar-refractivity contribution in [3.8, 4) is 0 Å². The van der Waals surface area contributed by atoms with Gasteiger partial charge in [0, 0.05) is 55.2 Å². The summed E-state index contributed by atoms with van der Waals surface area (Å²) in [5.41, 5.74) is 4.54. The number of nitrogens with zero attached hydrogens (tertiary/aromatic N) is 3. The summed E-state index contributed by atoms with van der Waals surface area (Å²) in [4.78, 5) is 29.6. The summed E-state index contributed by atoms with van der Waals surface area (Å²) in [7, 11) is 1.38. The highest BCUT2D eigenvalue weighted by molar-refractivity contribution is 6.09. The molecule has 1 atom stereocenters. The minimum absolute atomic E-state index is 0.0944. The third-order valence-electron chi connectivity index (χ3n) is 7.28. The lowest BCUT2D eigenvalue weighted by Gasteiger charge is -2.31. The van der Waals surface area contributed by atoms with E-state index in [9.17, 15) is 14.7 Å². The number of carbonyl (C=O) groups excluding carboxylic acids is 2. The van der Waals surface area contributed by atoms with Crippen molar-refractivity contribution in [1.29, 1.82) is 0 Å². The maximum absolute atomic E-state index is 13.6. The van der Waals surface area contributed by atoms with Crippen LogP contribution in [0.1, 0.15) is 44.8 Å². The molecule has 7 nitrogen and oxygen atoms in total. The number of methoxy groups -OCH3 is 1. The summed E-state index contributed by atoms with van der Waals surface area (Å²) in [6.45, 7) is 4.00. The number of hydrogen-bond donors (Lipinski definition) is 1. The van der Waals surface area contributed by atoms with E-state index in [0.717, 1.165) is 60.1 Å². The Morgan fingerprint density at radius 1 is 1.09 bits per heavy atom. The van der Waals surface area contributed by atoms with Crippen molar-refractivity contribution in [2.24, 2.45) is 0 Å². The van der Waals surface area contributed by atoms with Crippen molar-refractivity contribution < 1.29 is 19.4 Å². The zero-order chi connectivity index (χ0) is 23.7. The number of aromatic nitrogens is 1. The van der Waals surface area contributed by atoms with Crippen LogP contribution >= 0.6 is 0 Å². The highest BCUT2D eigenvalue weighted by Gasteiger charge is 2.32. The van der Waals surface area contributed by atoms with E-state index in [1.54, 1.807) is 12.1 Å². The first kappa shape index (κ1) is 22.6. The molecule has 1 fully saturated rings. The van der Waals surface area contributed by atoms with Gasteiger partial charge in [0.2, 0.25) is 0 Å². The second-order valence-corrected chi connectivity index (χ2v) is 9.17. The molecule has 1 saturated heterocycles. The number of hydrogen-bond acceptors (Lipinski definition) is 5. The molecule has 2 aromatic carbocycles. The molecule has 5 rings (SSSR count). The summed E-state index contributed by atoms with van der Waals surface area (Å²) in [5, 5.41) is 10.6. The number of benzene rings is 2. The van der Waals surface area contributed by atoms with Crippen LogP contribution in [0.3, 0.4) is 0 Å². The third-order valence-corrected chi connectivity index (χ3v) is 7.28. The molecule has 0 unspecified atom stereocenters. The lowest BCUT2D eigenvalue weighted by atomic mass is 10.0. The molecule has 3 aromatic rings. The van der Waals surface area contributed by atoms with Gasteiger partial charge >= 0.3 is 5.97 Å². The van der Waals surface area contributed by atoms with E-state index in [1.807, 2.05) is 35.2 Å². The fourth-order valence-electron chi connectivity index (χ4n) is 5.44. The van der Waals surface area contributed by atoms with Crippen LogP contribution in [0.15, 0.2) is 48.5 Å². The number of carbonyl (C=O) groups is 2. The van der Waals surface area contributed by atoms with Crippen molar-refractivity contribution in [2.75, 3.05) is 39.9 Å². The largest absolute Gasteiger partial charge is 0.465 e. The Hall–Kier alpha value is -3.16. The number of fused-ring (bicyclic) bond motifs is 3. The van der Waals surface area contributed by atoms with E-state index in [1.165, 1.54) is 7.11 Å². The first-order valence-electron chi connectivity index (χ1n) is 12.0. The maximum Gasteiger partial charge on any atom is 0.337 e. The van der Waals surface area contributed by atoms with Gasteiger partial charge in [-0.2, -0.15) is 0 Å². The molecule has 0 radical (unpaired) electrons. The molecule has 0 spiro atoms. The molecule has 0 aliphatic carbocycles. The summed E-state index contributed by atoms with van der Waals surface area (Å²) in [6.07, 6.45) is 2.94. The highest BCUT2D eigenvalue weighted by Crippen LogP contribution is 2.32. The van der Waals surface area contributed by atoms with Crippen molar-refractivity contribution >= 4 is 22.8 Å². The van der Waals surface area contributed by atoms with Gasteiger partial charge in [0.15, 0.2) is 0 Å². The molecular weight excluding hydrogens is 430 g/mol. The van der Waals surface area contributed by atoms with Gasteiger partial charge in [0.1, 0.15) is 0 Å². The third kappa shape index (κ3) is 4.10. The number of rotatable bonds is 7. The number of aliphatic hydroxyl groups excluding tert-OH is 1. The van der Waals surface area contributed by atoms with Crippen LogP contribution in [0.2, 0.25) is 0 Å². The molecule has 1 N–H and O–H groups in total. The van der Waals surface area contributed by atoms with Crippen LogP contribution in [-0.2, 0) is 17.7 Å². The van der Waals surface area contributed by atoms with Gasteiger partial charge in [0.05, 0.1) is 24.8 Å². The number of ether oxygens (including phenoxy) is 1. The minimum atomic E-state index is -0.347. The lowest BCUT2D eigenvalue weighted by molar-refractivity contribution is 0.0600. The number of aliphatic hydroxyl groups is 1. The normalized spacial score (nSPS) is 18.5. The Labute approximate surface area is 199 Å². The lowest BCUT2D eigenvalue weighted by Crippen LogP contribution is -2.44. The second-order valence-electron chi connectivity index (χ2n) is 9.17. The molecular formula is C27H31N3O4. The van der Waals surface area contributed by atoms with E-state index in [-0.39, 0.29) is 24.5 Å². The van der Waals surface area contributed by atoms with E-state index >= 15 is 0 Å². The van der Waals surface area contributed by atoms with Crippen LogP contribution in [0.5, 0.6) is 0 Å². The van der Waals surface area contributed by atoms with Crippen LogP contribution in [0, 0.1) is 0 Å². The monoisotopic (exact) mass is 461 g/mol. The fourth-order valence-corrected chi connectivity index (χ4v) is 5.44. The quantitative estimate of drug-likeness (QED) is 0.548. The van der Waals surface area contributed by atoms with Crippen molar-refractivity contribution in [2.45, 2.75) is 31.8 Å². The molecule has 0 saturated carbocycles. The molecule has 2 aliphatic rings. The molecule has 1 aromatic heterocycles. The summed E-state index contributed by atoms with van der Waals surface area (Å²) >= 11 is 0. The van der Waals surface area contributed by atoms with E-state index in [4.69, 9.17) is 4.74 Å². The van der Waals surface area contributed by atoms with Gasteiger partial charge < -0.3 is 19.3 Å². The zero-order valence-electron chi connectivity index (χ0n) is 19.6. The van der Waals surface area contributed by atoms with Gasteiger partial charge in [-0.1, -0.05) is 30.3 Å². The maximum atomic E-state index is 13.6. The van der Waals surface area contributed by atoms with Crippen molar-refractivity contribution in [3.63, 3.8) is 0 Å². The summed E-state index contributed by atoms with van der Waals surface area (Å²) < 4.78 is 7.04. The molecule has 178 valence electrons. The van der Waals surface area contributed by atoms with Gasteiger partial charge in [-0.05, 0) is 43.1 Å². The van der Waals surface area contributed by atoms with Gasteiger partial charge in [-0.3, -0.25) is 9.69 Å². The Bertz CT molecular complexity index is 1200. The first-order valence-corrected chi connectivity index (χ1v) is 12.0. The average molecular weight is 462 g/mol. The first-order chi connectivity index (χ1) is 16.6. The molecule has 7 heteroatoms. The van der Waals surface area contributed by atoms with Gasteiger partial charge in [0.25, 0.3) is 5.91 Å². The van der Waals surface area contributed by atoms with Crippen LogP contribution in [0.25, 0.3) is 10.9 Å². The molecule has 2 aliphatic heterocycles. The molecule has 34 heavy (non-hydrogen) atoms. The highest BCUT2D eigenvalue weighted by atomic mass is 16.5. The Balaban J connectivity index is 1.40. The van der Waals surface area contributed by atoms with Gasteiger partial charge in [-0.25, -0.2) is 4.79 Å².